The standard InChI is InChI=1S/C30H43N3O3/c1-6-27(32(4)28(34)22-11-15-36-19-22)25-10-12-29(3)20(2)33(14-7-13-31)18-23-16-21-8-9-24(35-5)17-26(21)30(23,25)29/h8-9,11,15,17,19-20,23,25,27H,6-7,10,12-14,16,18,31H2,1-5H3. The van der Waals surface area contributed by atoms with Crippen molar-refractivity contribution < 1.29 is 13.9 Å². The lowest BCUT2D eigenvalue weighted by Crippen LogP contribution is -2.66. The van der Waals surface area contributed by atoms with Crippen LogP contribution in [0.4, 0.5) is 0 Å². The number of ether oxygens (including phenoxy) is 1. The molecule has 1 aromatic carbocycles. The van der Waals surface area contributed by atoms with E-state index in [9.17, 15) is 4.79 Å². The number of furan rings is 1. The molecule has 2 aliphatic carbocycles. The number of nitrogens with zero attached hydrogens (tertiary/aromatic N) is 2. The highest BCUT2D eigenvalue weighted by molar-refractivity contribution is 5.93. The van der Waals surface area contributed by atoms with Crippen molar-refractivity contribution in [2.24, 2.45) is 23.0 Å². The average molecular weight is 494 g/mol. The molecule has 1 aliphatic heterocycles. The molecule has 1 spiro atoms. The smallest absolute Gasteiger partial charge is 0.257 e. The maximum atomic E-state index is 13.5. The number of likely N-dealkylation sites (tertiary alicyclic amines) is 1. The van der Waals surface area contributed by atoms with E-state index in [4.69, 9.17) is 14.9 Å². The first kappa shape index (κ1) is 25.3. The normalized spacial score (nSPS) is 32.0. The van der Waals surface area contributed by atoms with Crippen LogP contribution < -0.4 is 10.5 Å². The molecular weight excluding hydrogens is 450 g/mol. The molecule has 1 aromatic heterocycles. The van der Waals surface area contributed by atoms with Crippen LogP contribution in [0.5, 0.6) is 5.75 Å². The van der Waals surface area contributed by atoms with Gasteiger partial charge in [0.05, 0.1) is 18.9 Å². The minimum atomic E-state index is 0.00111. The van der Waals surface area contributed by atoms with Crippen molar-refractivity contribution in [3.63, 3.8) is 0 Å². The van der Waals surface area contributed by atoms with Gasteiger partial charge >= 0.3 is 0 Å². The molecule has 6 nitrogen and oxygen atoms in total. The van der Waals surface area contributed by atoms with Gasteiger partial charge in [0.2, 0.25) is 0 Å². The first-order valence-electron chi connectivity index (χ1n) is 13.7. The van der Waals surface area contributed by atoms with Crippen LogP contribution in [0.2, 0.25) is 0 Å². The summed E-state index contributed by atoms with van der Waals surface area (Å²) in [7, 11) is 3.76. The van der Waals surface area contributed by atoms with Crippen LogP contribution >= 0.6 is 0 Å². The second-order valence-electron chi connectivity index (χ2n) is 11.6. The number of hydrogen-bond donors (Lipinski definition) is 1. The minimum Gasteiger partial charge on any atom is -0.497 e. The predicted molar refractivity (Wildman–Crippen MR) is 142 cm³/mol. The number of benzene rings is 1. The lowest BCUT2D eigenvalue weighted by Gasteiger charge is -2.61. The van der Waals surface area contributed by atoms with Gasteiger partial charge in [-0.25, -0.2) is 0 Å². The summed E-state index contributed by atoms with van der Waals surface area (Å²) in [5.74, 6) is 1.88. The lowest BCUT2D eigenvalue weighted by atomic mass is 9.50. The first-order chi connectivity index (χ1) is 17.3. The van der Waals surface area contributed by atoms with Gasteiger partial charge in [-0.3, -0.25) is 9.69 Å². The SMILES string of the molecule is CCC(C1CCC2(C)C(C)N(CCCN)CC3Cc4ccc(OC)cc4C312)N(C)C(=O)c1ccoc1. The highest BCUT2D eigenvalue weighted by Gasteiger charge is 2.70. The highest BCUT2D eigenvalue weighted by atomic mass is 16.5. The average Bonchev–Trinajstić information content (AvgIpc) is 3.61. The summed E-state index contributed by atoms with van der Waals surface area (Å²) in [5.41, 5.74) is 9.60. The summed E-state index contributed by atoms with van der Waals surface area (Å²) < 4.78 is 11.0. The van der Waals surface area contributed by atoms with Gasteiger partial charge < -0.3 is 19.8 Å². The molecule has 2 aromatic rings. The molecule has 5 rings (SSSR count). The number of methoxy groups -OCH3 is 1. The fourth-order valence-electron chi connectivity index (χ4n) is 8.73. The largest absolute Gasteiger partial charge is 0.497 e. The summed E-state index contributed by atoms with van der Waals surface area (Å²) in [4.78, 5) is 18.2. The van der Waals surface area contributed by atoms with E-state index in [1.165, 1.54) is 11.1 Å². The Labute approximate surface area is 216 Å². The van der Waals surface area contributed by atoms with Gasteiger partial charge in [0.15, 0.2) is 0 Å². The number of fused-ring (bicyclic) bond motifs is 1. The lowest BCUT2D eigenvalue weighted by molar-refractivity contribution is -0.0775. The zero-order valence-electron chi connectivity index (χ0n) is 22.6. The molecule has 6 unspecified atom stereocenters. The van der Waals surface area contributed by atoms with Crippen molar-refractivity contribution >= 4 is 5.91 Å². The van der Waals surface area contributed by atoms with Crippen molar-refractivity contribution in [2.75, 3.05) is 33.8 Å². The van der Waals surface area contributed by atoms with E-state index in [1.54, 1.807) is 25.7 Å². The van der Waals surface area contributed by atoms with Gasteiger partial charge in [-0.05, 0) is 98.7 Å². The first-order valence-corrected chi connectivity index (χ1v) is 13.7. The van der Waals surface area contributed by atoms with Gasteiger partial charge in [0, 0.05) is 31.1 Å². The highest BCUT2D eigenvalue weighted by Crippen LogP contribution is 2.70. The molecule has 196 valence electrons. The molecular formula is C30H43N3O3. The van der Waals surface area contributed by atoms with E-state index in [2.05, 4.69) is 43.9 Å². The zero-order valence-corrected chi connectivity index (χ0v) is 22.6. The van der Waals surface area contributed by atoms with Crippen LogP contribution in [0.15, 0.2) is 41.2 Å². The van der Waals surface area contributed by atoms with E-state index in [0.717, 1.165) is 57.5 Å². The molecule has 0 radical (unpaired) electrons. The molecule has 2 fully saturated rings. The molecule has 1 amide bonds. The van der Waals surface area contributed by atoms with Gasteiger partial charge in [0.1, 0.15) is 12.0 Å². The van der Waals surface area contributed by atoms with Crippen molar-refractivity contribution in [3.8, 4) is 5.75 Å². The van der Waals surface area contributed by atoms with Crippen LogP contribution in [0.25, 0.3) is 0 Å². The third-order valence-corrected chi connectivity index (χ3v) is 10.4. The van der Waals surface area contributed by atoms with Crippen molar-refractivity contribution in [1.29, 1.82) is 0 Å². The van der Waals surface area contributed by atoms with Gasteiger partial charge in [-0.15, -0.1) is 0 Å². The monoisotopic (exact) mass is 493 g/mol. The molecule has 3 aliphatic rings. The van der Waals surface area contributed by atoms with Crippen molar-refractivity contribution in [3.05, 3.63) is 53.5 Å². The van der Waals surface area contributed by atoms with Crippen molar-refractivity contribution in [1.82, 2.24) is 9.80 Å². The van der Waals surface area contributed by atoms with Crippen LogP contribution in [0, 0.1) is 17.3 Å². The Hall–Kier alpha value is -2.31. The maximum Gasteiger partial charge on any atom is 0.257 e. The molecule has 1 saturated carbocycles. The Morgan fingerprint density at radius 3 is 2.83 bits per heavy atom. The maximum absolute atomic E-state index is 13.5. The fraction of sp³-hybridized carbons (Fsp3) is 0.633. The number of amides is 1. The summed E-state index contributed by atoms with van der Waals surface area (Å²) in [6.07, 6.45) is 8.49. The third kappa shape index (κ3) is 3.47. The quantitative estimate of drug-likeness (QED) is 0.576. The number of nitrogens with two attached hydrogens (primary N) is 1. The van der Waals surface area contributed by atoms with E-state index >= 15 is 0 Å². The molecule has 2 N–H and O–H groups in total. The molecule has 2 heterocycles. The van der Waals surface area contributed by atoms with Gasteiger partial charge in [-0.2, -0.15) is 0 Å². The van der Waals surface area contributed by atoms with E-state index < -0.39 is 0 Å². The Balaban J connectivity index is 1.63. The van der Waals surface area contributed by atoms with Crippen LogP contribution in [-0.4, -0.2) is 61.6 Å². The van der Waals surface area contributed by atoms with E-state index in [1.807, 2.05) is 11.9 Å². The van der Waals surface area contributed by atoms with E-state index in [0.29, 0.717) is 23.4 Å². The Bertz CT molecular complexity index is 1090. The van der Waals surface area contributed by atoms with Crippen LogP contribution in [0.1, 0.15) is 67.9 Å². The number of piperidine rings is 1. The molecule has 0 bridgehead atoms. The summed E-state index contributed by atoms with van der Waals surface area (Å²) in [5, 5.41) is 0. The topological polar surface area (TPSA) is 71.9 Å². The molecule has 6 heteroatoms. The third-order valence-electron chi connectivity index (χ3n) is 10.4. The fourth-order valence-corrected chi connectivity index (χ4v) is 8.73. The summed E-state index contributed by atoms with van der Waals surface area (Å²) in [6.45, 7) is 10.1. The van der Waals surface area contributed by atoms with E-state index in [-0.39, 0.29) is 22.8 Å². The van der Waals surface area contributed by atoms with Gasteiger partial charge in [0.25, 0.3) is 5.91 Å². The Morgan fingerprint density at radius 2 is 2.17 bits per heavy atom. The number of carbonyl (C=O) groups is 1. The zero-order chi connectivity index (χ0) is 25.7. The number of carbonyl (C=O) groups excluding carboxylic acids is 1. The van der Waals surface area contributed by atoms with Crippen LogP contribution in [-0.2, 0) is 11.8 Å². The number of rotatable bonds is 8. The summed E-state index contributed by atoms with van der Waals surface area (Å²) >= 11 is 0. The summed E-state index contributed by atoms with van der Waals surface area (Å²) in [6, 6.07) is 9.12. The second-order valence-corrected chi connectivity index (χ2v) is 11.6. The minimum absolute atomic E-state index is 0.00111. The molecule has 6 atom stereocenters. The van der Waals surface area contributed by atoms with Crippen molar-refractivity contribution in [2.45, 2.75) is 70.4 Å². The Morgan fingerprint density at radius 1 is 1.36 bits per heavy atom. The number of hydrogen-bond acceptors (Lipinski definition) is 5. The predicted octanol–water partition coefficient (Wildman–Crippen LogP) is 4.72. The molecule has 1 saturated heterocycles. The van der Waals surface area contributed by atoms with Crippen LogP contribution in [0.3, 0.4) is 0 Å². The molecule has 36 heavy (non-hydrogen) atoms. The Kier molecular flexibility index (Phi) is 6.71. The van der Waals surface area contributed by atoms with Gasteiger partial charge in [-0.1, -0.05) is 19.9 Å². The second kappa shape index (κ2) is 9.53.